The van der Waals surface area contributed by atoms with E-state index in [4.69, 9.17) is 4.74 Å². The molecular formula is C14H16BrN3O. The Hall–Kier alpha value is -1.46. The quantitative estimate of drug-likeness (QED) is 0.919. The number of aryl methyl sites for hydroxylation is 1. The van der Waals surface area contributed by atoms with Gasteiger partial charge in [0.05, 0.1) is 18.5 Å². The maximum Gasteiger partial charge on any atom is 0.119 e. The molecule has 1 aromatic carbocycles. The van der Waals surface area contributed by atoms with Crippen LogP contribution in [0.2, 0.25) is 0 Å². The highest BCUT2D eigenvalue weighted by Gasteiger charge is 2.02. The van der Waals surface area contributed by atoms with Crippen LogP contribution in [0.1, 0.15) is 17.0 Å². The van der Waals surface area contributed by atoms with Crippen LogP contribution in [0.15, 0.2) is 35.1 Å². The van der Waals surface area contributed by atoms with Crippen molar-refractivity contribution in [3.05, 3.63) is 52.0 Å². The van der Waals surface area contributed by atoms with E-state index in [9.17, 15) is 0 Å². The van der Waals surface area contributed by atoms with Crippen molar-refractivity contribution in [2.45, 2.75) is 20.0 Å². The van der Waals surface area contributed by atoms with Crippen LogP contribution in [0, 0.1) is 6.92 Å². The average Bonchev–Trinajstić information content (AvgIpc) is 2.43. The van der Waals surface area contributed by atoms with Gasteiger partial charge in [0.25, 0.3) is 0 Å². The summed E-state index contributed by atoms with van der Waals surface area (Å²) < 4.78 is 6.28. The highest BCUT2D eigenvalue weighted by Crippen LogP contribution is 2.22. The molecule has 0 amide bonds. The molecule has 0 spiro atoms. The molecule has 0 saturated carbocycles. The molecule has 2 rings (SSSR count). The lowest BCUT2D eigenvalue weighted by atomic mass is 10.2. The Bertz CT molecular complexity index is 543. The van der Waals surface area contributed by atoms with E-state index in [1.165, 1.54) is 0 Å². The fourth-order valence-electron chi connectivity index (χ4n) is 1.65. The molecule has 0 radical (unpaired) electrons. The van der Waals surface area contributed by atoms with E-state index in [0.29, 0.717) is 6.54 Å². The molecule has 0 aliphatic heterocycles. The number of methoxy groups -OCH3 is 1. The summed E-state index contributed by atoms with van der Waals surface area (Å²) in [6, 6.07) is 5.93. The van der Waals surface area contributed by atoms with Crippen LogP contribution in [0.3, 0.4) is 0 Å². The predicted molar refractivity (Wildman–Crippen MR) is 78.0 cm³/mol. The standard InChI is InChI=1S/C14H16BrN3O/c1-10-6-18-12(9-17-10)8-16-7-11-5-13(19-2)3-4-14(11)15/h3-6,9,16H,7-8H2,1-2H3. The first kappa shape index (κ1) is 14.0. The highest BCUT2D eigenvalue weighted by atomic mass is 79.9. The van der Waals surface area contributed by atoms with Crippen LogP contribution in [-0.2, 0) is 13.1 Å². The number of hydrogen-bond acceptors (Lipinski definition) is 4. The first-order valence-corrected chi connectivity index (χ1v) is 6.79. The molecule has 19 heavy (non-hydrogen) atoms. The second-order valence-electron chi connectivity index (χ2n) is 4.21. The first-order valence-electron chi connectivity index (χ1n) is 5.99. The second-order valence-corrected chi connectivity index (χ2v) is 5.06. The fourth-order valence-corrected chi connectivity index (χ4v) is 2.04. The molecule has 0 bridgehead atoms. The van der Waals surface area contributed by atoms with Gasteiger partial charge in [0.2, 0.25) is 0 Å². The van der Waals surface area contributed by atoms with E-state index in [1.54, 1.807) is 19.5 Å². The first-order chi connectivity index (χ1) is 9.19. The zero-order valence-corrected chi connectivity index (χ0v) is 12.6. The van der Waals surface area contributed by atoms with Gasteiger partial charge in [-0.3, -0.25) is 9.97 Å². The minimum Gasteiger partial charge on any atom is -0.497 e. The van der Waals surface area contributed by atoms with Crippen LogP contribution in [-0.4, -0.2) is 17.1 Å². The van der Waals surface area contributed by atoms with Crippen molar-refractivity contribution >= 4 is 15.9 Å². The SMILES string of the molecule is COc1ccc(Br)c(CNCc2cnc(C)cn2)c1. The van der Waals surface area contributed by atoms with Crippen LogP contribution in [0.25, 0.3) is 0 Å². The molecule has 1 heterocycles. The van der Waals surface area contributed by atoms with Gasteiger partial charge in [-0.25, -0.2) is 0 Å². The second kappa shape index (κ2) is 6.63. The van der Waals surface area contributed by atoms with Crippen molar-refractivity contribution in [1.29, 1.82) is 0 Å². The van der Waals surface area contributed by atoms with Crippen LogP contribution >= 0.6 is 15.9 Å². The number of ether oxygens (including phenoxy) is 1. The monoisotopic (exact) mass is 321 g/mol. The number of halogens is 1. The fraction of sp³-hybridized carbons (Fsp3) is 0.286. The summed E-state index contributed by atoms with van der Waals surface area (Å²) in [5.74, 6) is 0.857. The summed E-state index contributed by atoms with van der Waals surface area (Å²) in [4.78, 5) is 8.52. The summed E-state index contributed by atoms with van der Waals surface area (Å²) in [5, 5.41) is 3.34. The maximum absolute atomic E-state index is 5.22. The van der Waals surface area contributed by atoms with Crippen molar-refractivity contribution < 1.29 is 4.74 Å². The Morgan fingerprint density at radius 3 is 2.74 bits per heavy atom. The number of nitrogens with one attached hydrogen (secondary N) is 1. The van der Waals surface area contributed by atoms with Gasteiger partial charge in [0.1, 0.15) is 5.75 Å². The molecule has 100 valence electrons. The van der Waals surface area contributed by atoms with Gasteiger partial charge in [-0.15, -0.1) is 0 Å². The van der Waals surface area contributed by atoms with Crippen LogP contribution in [0.5, 0.6) is 5.75 Å². The van der Waals surface area contributed by atoms with Crippen LogP contribution < -0.4 is 10.1 Å². The number of nitrogens with zero attached hydrogens (tertiary/aromatic N) is 2. The largest absolute Gasteiger partial charge is 0.497 e. The summed E-state index contributed by atoms with van der Waals surface area (Å²) in [7, 11) is 1.67. The molecule has 1 aromatic heterocycles. The van der Waals surface area contributed by atoms with E-state index >= 15 is 0 Å². The minimum absolute atomic E-state index is 0.691. The topological polar surface area (TPSA) is 47.0 Å². The van der Waals surface area contributed by atoms with Crippen molar-refractivity contribution in [2.75, 3.05) is 7.11 Å². The lowest BCUT2D eigenvalue weighted by Crippen LogP contribution is -2.14. The average molecular weight is 322 g/mol. The van der Waals surface area contributed by atoms with Crippen molar-refractivity contribution in [3.8, 4) is 5.75 Å². The Kier molecular flexibility index (Phi) is 4.87. The molecule has 0 fully saturated rings. The lowest BCUT2D eigenvalue weighted by molar-refractivity contribution is 0.414. The summed E-state index contributed by atoms with van der Waals surface area (Å²) >= 11 is 3.53. The van der Waals surface area contributed by atoms with Gasteiger partial charge < -0.3 is 10.1 Å². The van der Waals surface area contributed by atoms with Gasteiger partial charge in [-0.1, -0.05) is 15.9 Å². The molecule has 2 aromatic rings. The van der Waals surface area contributed by atoms with Gasteiger partial charge in [0.15, 0.2) is 0 Å². The van der Waals surface area contributed by atoms with Gasteiger partial charge in [-0.2, -0.15) is 0 Å². The molecule has 0 aliphatic carbocycles. The van der Waals surface area contributed by atoms with Crippen molar-refractivity contribution in [2.24, 2.45) is 0 Å². The third-order valence-electron chi connectivity index (χ3n) is 2.71. The lowest BCUT2D eigenvalue weighted by Gasteiger charge is -2.08. The van der Waals surface area contributed by atoms with Gasteiger partial charge >= 0.3 is 0 Å². The van der Waals surface area contributed by atoms with E-state index in [2.05, 4.69) is 31.2 Å². The molecule has 1 N–H and O–H groups in total. The smallest absolute Gasteiger partial charge is 0.119 e. The van der Waals surface area contributed by atoms with E-state index in [-0.39, 0.29) is 0 Å². The Morgan fingerprint density at radius 2 is 2.05 bits per heavy atom. The van der Waals surface area contributed by atoms with E-state index in [0.717, 1.165) is 33.7 Å². The molecular weight excluding hydrogens is 306 g/mol. The number of hydrogen-bond donors (Lipinski definition) is 1. The highest BCUT2D eigenvalue weighted by molar-refractivity contribution is 9.10. The van der Waals surface area contributed by atoms with Crippen molar-refractivity contribution in [1.82, 2.24) is 15.3 Å². The number of rotatable bonds is 5. The Labute approximate surface area is 121 Å². The molecule has 0 unspecified atom stereocenters. The molecule has 0 saturated heterocycles. The zero-order chi connectivity index (χ0) is 13.7. The molecule has 5 heteroatoms. The molecule has 4 nitrogen and oxygen atoms in total. The van der Waals surface area contributed by atoms with Gasteiger partial charge in [0, 0.05) is 30.0 Å². The number of benzene rings is 1. The summed E-state index contributed by atoms with van der Waals surface area (Å²) in [6.07, 6.45) is 3.57. The predicted octanol–water partition coefficient (Wildman–Crippen LogP) is 2.85. The molecule has 0 aliphatic rings. The van der Waals surface area contributed by atoms with Crippen molar-refractivity contribution in [3.63, 3.8) is 0 Å². The minimum atomic E-state index is 0.691. The zero-order valence-electron chi connectivity index (χ0n) is 11.0. The summed E-state index contributed by atoms with van der Waals surface area (Å²) in [5.41, 5.74) is 3.02. The van der Waals surface area contributed by atoms with Gasteiger partial charge in [-0.05, 0) is 30.7 Å². The third kappa shape index (κ3) is 4.01. The van der Waals surface area contributed by atoms with E-state index < -0.39 is 0 Å². The van der Waals surface area contributed by atoms with E-state index in [1.807, 2.05) is 25.1 Å². The Morgan fingerprint density at radius 1 is 1.21 bits per heavy atom. The normalized spacial score (nSPS) is 10.5. The molecule has 0 atom stereocenters. The maximum atomic E-state index is 5.22. The number of aromatic nitrogens is 2. The van der Waals surface area contributed by atoms with Crippen LogP contribution in [0.4, 0.5) is 0 Å². The summed E-state index contributed by atoms with van der Waals surface area (Å²) in [6.45, 7) is 3.36. The third-order valence-corrected chi connectivity index (χ3v) is 3.48. The Balaban J connectivity index is 1.93.